The first-order valence-corrected chi connectivity index (χ1v) is 42.3. The van der Waals surface area contributed by atoms with E-state index in [1.807, 2.05) is 0 Å². The minimum absolute atomic E-state index is 0.662. The molecule has 0 N–H and O–H groups in total. The van der Waals surface area contributed by atoms with Crippen molar-refractivity contribution in [3.05, 3.63) is 258 Å². The largest absolute Gasteiger partial charge is 0.220 e. The molecular weight excluding hydrogens is 1320 g/mol. The predicted octanol–water partition coefficient (Wildman–Crippen LogP) is 25.3. The molecule has 0 bridgehead atoms. The third-order valence-electron chi connectivity index (χ3n) is 26.3. The van der Waals surface area contributed by atoms with Crippen molar-refractivity contribution in [3.8, 4) is 45.0 Å². The summed E-state index contributed by atoms with van der Waals surface area (Å²) >= 11 is 0. The Balaban J connectivity index is 0.000000132. The molecule has 4 aliphatic carbocycles. The maximum absolute atomic E-state index is 8.86. The summed E-state index contributed by atoms with van der Waals surface area (Å²) < 4.78 is 44.0. The number of fused-ring (bicyclic) bond motifs is 4. The lowest BCUT2D eigenvalue weighted by Crippen LogP contribution is -2.35. The highest BCUT2D eigenvalue weighted by atomic mass is 15.0. The van der Waals surface area contributed by atoms with Gasteiger partial charge in [-0.2, -0.15) is 18.3 Å². The summed E-state index contributed by atoms with van der Waals surface area (Å²) in [5.41, 5.74) is 33.2. The van der Waals surface area contributed by atoms with Gasteiger partial charge in [-0.1, -0.05) is 220 Å². The maximum Gasteiger partial charge on any atom is 0.220 e. The van der Waals surface area contributed by atoms with Crippen LogP contribution in [-0.4, -0.2) is 0 Å². The van der Waals surface area contributed by atoms with Crippen LogP contribution in [0.1, 0.15) is 230 Å². The van der Waals surface area contributed by atoms with E-state index in [0.29, 0.717) is 24.2 Å². The first-order chi connectivity index (χ1) is 54.2. The number of pyridine rings is 4. The highest BCUT2D eigenvalue weighted by Crippen LogP contribution is 2.40. The minimum atomic E-state index is 0.662. The van der Waals surface area contributed by atoms with Crippen LogP contribution < -0.4 is 18.3 Å². The molecule has 4 aromatic heterocycles. The number of aromatic nitrogens is 4. The van der Waals surface area contributed by atoms with E-state index >= 15 is 0 Å². The number of nitrogens with zero attached hydrogens (tertiary/aromatic N) is 4. The molecule has 4 nitrogen and oxygen atoms in total. The second kappa shape index (κ2) is 34.8. The molecule has 0 spiro atoms. The van der Waals surface area contributed by atoms with Crippen LogP contribution in [0, 0.1) is 99.8 Å². The van der Waals surface area contributed by atoms with Gasteiger partial charge in [0.1, 0.15) is 28.2 Å². The Morgan fingerprint density at radius 2 is 0.587 bits per heavy atom. The van der Waals surface area contributed by atoms with Crippen LogP contribution in [0.5, 0.6) is 0 Å². The molecule has 4 aliphatic rings. The number of aryl methyl sites for hydroxylation is 8. The van der Waals surface area contributed by atoms with E-state index in [-0.39, 0.29) is 0 Å². The molecule has 109 heavy (non-hydrogen) atoms. The van der Waals surface area contributed by atoms with Crippen molar-refractivity contribution < 1.29 is 23.8 Å². The molecule has 4 heteroatoms. The first-order valence-electron chi connectivity index (χ1n) is 44.3. The van der Waals surface area contributed by atoms with E-state index in [4.69, 9.17) is 5.48 Å². The number of hydrogen-bond acceptors (Lipinski definition) is 0. The highest BCUT2D eigenvalue weighted by molar-refractivity contribution is 5.98. The van der Waals surface area contributed by atoms with Gasteiger partial charge in [0.25, 0.3) is 0 Å². The summed E-state index contributed by atoms with van der Waals surface area (Å²) in [7, 11) is 8.42. The maximum atomic E-state index is 8.86. The normalized spacial score (nSPS) is 15.5. The summed E-state index contributed by atoms with van der Waals surface area (Å²) in [4.78, 5) is 0. The van der Waals surface area contributed by atoms with Crippen molar-refractivity contribution in [1.29, 1.82) is 0 Å². The number of rotatable bonds is 15. The Labute approximate surface area is 662 Å². The molecule has 0 saturated heterocycles. The van der Waals surface area contributed by atoms with E-state index in [1.54, 1.807) is 0 Å². The van der Waals surface area contributed by atoms with E-state index < -0.39 is 0 Å². The molecule has 4 fully saturated rings. The lowest BCUT2D eigenvalue weighted by Gasteiger charge is -2.15. The third kappa shape index (κ3) is 17.6. The molecule has 0 unspecified atom stereocenters. The van der Waals surface area contributed by atoms with Crippen LogP contribution in [0.2, 0.25) is 0 Å². The van der Waals surface area contributed by atoms with Crippen molar-refractivity contribution in [2.75, 3.05) is 0 Å². The molecule has 4 heterocycles. The van der Waals surface area contributed by atoms with Gasteiger partial charge in [-0.25, -0.2) is 0 Å². The number of benzene rings is 8. The average molecular weight is 1450 g/mol. The summed E-state index contributed by atoms with van der Waals surface area (Å²) in [5, 5.41) is 9.19. The zero-order chi connectivity index (χ0) is 80.4. The minimum Gasteiger partial charge on any atom is -0.198 e. The Bertz CT molecular complexity index is 5560. The summed E-state index contributed by atoms with van der Waals surface area (Å²) in [6, 6.07) is 52.9. The first kappa shape index (κ1) is 73.2. The molecule has 566 valence electrons. The van der Waals surface area contributed by atoms with Gasteiger partial charge in [0.2, 0.25) is 22.8 Å². The van der Waals surface area contributed by atoms with E-state index in [2.05, 4.69) is 277 Å². The van der Waals surface area contributed by atoms with Crippen molar-refractivity contribution in [2.24, 2.45) is 51.9 Å². The van der Waals surface area contributed by atoms with Crippen LogP contribution in [0.15, 0.2) is 158 Å². The average Bonchev–Trinajstić information content (AvgIpc) is 1.31. The topological polar surface area (TPSA) is 15.5 Å². The molecule has 0 atom stereocenters. The van der Waals surface area contributed by atoms with Gasteiger partial charge in [0.05, 0.1) is 38.2 Å². The molecule has 0 amide bonds. The van der Waals surface area contributed by atoms with E-state index in [0.717, 1.165) is 113 Å². The van der Waals surface area contributed by atoms with Gasteiger partial charge >= 0.3 is 0 Å². The van der Waals surface area contributed by atoms with E-state index in [1.165, 1.54) is 247 Å². The van der Waals surface area contributed by atoms with E-state index in [9.17, 15) is 0 Å². The SMILES string of the molecule is [2H]c1c(C)[n+](C)c(-c2cc(C)cc(C)c2C)c2ccc(CC3CCCC3)cc12.[2H]c1c(C)[n+](C)c(-c2cc(C)ccc2C)c2ccc(CC3CCCC3)cc12.[2H]c1c(C)[n+](C)c(-c2cc(CC)cc(CC)c2C)c2ccc(CC3CCCC3)cc12.[2H]c1c(C)[n+](C)c(-c2cc(CC)ccc2C)c2ccc(CC3CCCC3)cc12. The smallest absolute Gasteiger partial charge is 0.198 e. The van der Waals surface area contributed by atoms with Crippen molar-refractivity contribution >= 4 is 43.1 Å². The van der Waals surface area contributed by atoms with Crippen LogP contribution in [0.25, 0.3) is 88.1 Å². The fourth-order valence-electron chi connectivity index (χ4n) is 19.2. The summed E-state index contributed by atoms with van der Waals surface area (Å²) in [6.45, 7) is 30.4. The van der Waals surface area contributed by atoms with Gasteiger partial charge in [-0.15, -0.1) is 0 Å². The second-order valence-corrected chi connectivity index (χ2v) is 34.1. The van der Waals surface area contributed by atoms with Gasteiger partial charge < -0.3 is 0 Å². The Morgan fingerprint density at radius 3 is 0.936 bits per heavy atom. The van der Waals surface area contributed by atoms with Crippen molar-refractivity contribution in [1.82, 2.24) is 0 Å². The molecule has 12 aromatic rings. The molecule has 8 aromatic carbocycles. The Hall–Kier alpha value is -8.60. The van der Waals surface area contributed by atoms with Crippen molar-refractivity contribution in [2.45, 2.75) is 245 Å². The highest BCUT2D eigenvalue weighted by Gasteiger charge is 2.28. The Kier molecular flexibility index (Phi) is 23.3. The second-order valence-electron chi connectivity index (χ2n) is 34.1. The molecular formula is C105H130N4+4. The van der Waals surface area contributed by atoms with Crippen LogP contribution >= 0.6 is 0 Å². The van der Waals surface area contributed by atoms with Crippen molar-refractivity contribution in [3.63, 3.8) is 0 Å². The number of hydrogen-bond donors (Lipinski definition) is 0. The van der Waals surface area contributed by atoms with Crippen LogP contribution in [-0.2, 0) is 73.1 Å². The third-order valence-corrected chi connectivity index (χ3v) is 26.3. The lowest BCUT2D eigenvalue weighted by molar-refractivity contribution is -0.665. The molecule has 16 rings (SSSR count). The molecule has 0 aliphatic heterocycles. The standard InChI is InChI=1S/C28H36N.2C26H32N.C25H30N/c1-6-21-16-24(7-2)20(4)27(18-21)28-26-13-12-23(15-22-10-8-9-11-22)17-25(26)14-19(3)29(28)5;1-17-12-18(2)20(4)25(13-17)26-24-11-10-22(15-21-8-6-7-9-21)16-23(24)14-19(3)27(26)5;1-5-20-11-10-18(2)25(17-20)26-24-13-12-22(15-21-8-6-7-9-21)16-23(24)14-19(3)27(26)4;1-17-9-10-18(2)24(13-17)25-23-12-11-21(15-20-7-5-6-8-20)16-22(23)14-19(3)26(25)4/h12-14,16-18,22H,6-11,15H2,1-5H3;10-14,16,21H,6-9,15H2,1-5H3;10-14,16-17,21H,5-9,15H2,1-4H3;9-14,16,20H,5-8,15H2,1-4H3/q4*+1/i4*14D. The fourth-order valence-corrected chi connectivity index (χ4v) is 19.2. The zero-order valence-corrected chi connectivity index (χ0v) is 70.1. The predicted molar refractivity (Wildman–Crippen MR) is 465 cm³/mol. The molecule has 0 radical (unpaired) electrons. The monoisotopic (exact) mass is 1450 g/mol. The lowest BCUT2D eigenvalue weighted by atomic mass is 9.90. The zero-order valence-electron chi connectivity index (χ0n) is 74.1. The quantitative estimate of drug-likeness (QED) is 0.0909. The van der Waals surface area contributed by atoms with Gasteiger partial charge in [0, 0.05) is 63.0 Å². The summed E-state index contributed by atoms with van der Waals surface area (Å²) in [6.07, 6.45) is 29.7. The van der Waals surface area contributed by atoms with Gasteiger partial charge in [-0.05, 0) is 254 Å². The van der Waals surface area contributed by atoms with Crippen LogP contribution in [0.4, 0.5) is 0 Å². The van der Waals surface area contributed by atoms with Gasteiger partial charge in [0.15, 0.2) is 22.8 Å². The fraction of sp³-hybridized carbons (Fsp3) is 0.429. The van der Waals surface area contributed by atoms with Crippen LogP contribution in [0.3, 0.4) is 0 Å². The Morgan fingerprint density at radius 1 is 0.284 bits per heavy atom. The summed E-state index contributed by atoms with van der Waals surface area (Å²) in [5.74, 6) is 3.31. The molecule has 4 saturated carbocycles. The van der Waals surface area contributed by atoms with Gasteiger partial charge in [-0.3, -0.25) is 0 Å².